The number of aromatic amines is 1. The number of hydrogen-bond donors (Lipinski definition) is 2. The van der Waals surface area contributed by atoms with E-state index >= 15 is 0 Å². The Morgan fingerprint density at radius 2 is 2.00 bits per heavy atom. The van der Waals surface area contributed by atoms with Gasteiger partial charge in [0.15, 0.2) is 5.78 Å². The number of nitrogens with one attached hydrogen (secondary N) is 2. The van der Waals surface area contributed by atoms with Gasteiger partial charge in [-0.3, -0.25) is 9.52 Å². The van der Waals surface area contributed by atoms with Crippen molar-refractivity contribution in [2.24, 2.45) is 0 Å². The molecule has 3 rings (SSSR count). The second-order valence-electron chi connectivity index (χ2n) is 5.01. The number of ketones is 1. The molecule has 0 radical (unpaired) electrons. The van der Waals surface area contributed by atoms with E-state index in [0.29, 0.717) is 23.2 Å². The molecule has 0 aliphatic heterocycles. The van der Waals surface area contributed by atoms with E-state index in [-0.39, 0.29) is 10.7 Å². The Labute approximate surface area is 133 Å². The normalized spacial score (nSPS) is 11.5. The lowest BCUT2D eigenvalue weighted by molar-refractivity contribution is 0.0988. The molecule has 7 heteroatoms. The predicted octanol–water partition coefficient (Wildman–Crippen LogP) is 2.96. The van der Waals surface area contributed by atoms with Crippen LogP contribution in [-0.4, -0.2) is 24.2 Å². The lowest BCUT2D eigenvalue weighted by Crippen LogP contribution is -2.14. The second-order valence-corrected chi connectivity index (χ2v) is 6.70. The van der Waals surface area contributed by atoms with Gasteiger partial charge in [0.2, 0.25) is 0 Å². The average Bonchev–Trinajstić information content (AvgIpc) is 3.04. The monoisotopic (exact) mass is 329 g/mol. The summed E-state index contributed by atoms with van der Waals surface area (Å²) in [6, 6.07) is 11.2. The van der Waals surface area contributed by atoms with Crippen LogP contribution in [0.2, 0.25) is 0 Å². The van der Waals surface area contributed by atoms with Crippen LogP contribution >= 0.6 is 0 Å². The molecule has 0 saturated carbocycles. The van der Waals surface area contributed by atoms with Crippen molar-refractivity contribution in [2.75, 3.05) is 4.72 Å². The lowest BCUT2D eigenvalue weighted by atomic mass is 10.1. The minimum absolute atomic E-state index is 0.0457. The summed E-state index contributed by atoms with van der Waals surface area (Å²) < 4.78 is 27.7. The van der Waals surface area contributed by atoms with Crippen molar-refractivity contribution in [2.45, 2.75) is 18.2 Å². The maximum atomic E-state index is 12.6. The molecule has 0 aliphatic rings. The Balaban J connectivity index is 1.99. The third-order valence-corrected chi connectivity index (χ3v) is 4.84. The van der Waals surface area contributed by atoms with E-state index in [4.69, 9.17) is 0 Å². The van der Waals surface area contributed by atoms with Crippen LogP contribution in [0.1, 0.15) is 23.7 Å². The highest BCUT2D eigenvalue weighted by Crippen LogP contribution is 2.23. The average molecular weight is 329 g/mol. The van der Waals surface area contributed by atoms with Crippen LogP contribution in [0, 0.1) is 0 Å². The number of anilines is 1. The van der Waals surface area contributed by atoms with Gasteiger partial charge in [-0.2, -0.15) is 0 Å². The number of imidazole rings is 1. The number of carbonyl (C=O) groups is 1. The summed E-state index contributed by atoms with van der Waals surface area (Å²) in [5.41, 5.74) is 2.04. The zero-order valence-electron chi connectivity index (χ0n) is 12.4. The number of hydrogen-bond acceptors (Lipinski definition) is 4. The smallest absolute Gasteiger partial charge is 0.261 e. The van der Waals surface area contributed by atoms with E-state index in [9.17, 15) is 13.2 Å². The molecule has 118 valence electrons. The SMILES string of the molecule is CCC(=O)c1cccc(S(=O)(=O)Nc2cccc3[nH]cnc23)c1. The molecule has 0 saturated heterocycles. The van der Waals surface area contributed by atoms with Gasteiger partial charge in [0.05, 0.1) is 22.4 Å². The Morgan fingerprint density at radius 1 is 1.22 bits per heavy atom. The van der Waals surface area contributed by atoms with Gasteiger partial charge in [0.1, 0.15) is 5.52 Å². The molecule has 0 unspecified atom stereocenters. The van der Waals surface area contributed by atoms with E-state index in [1.54, 1.807) is 37.3 Å². The van der Waals surface area contributed by atoms with Crippen molar-refractivity contribution in [1.29, 1.82) is 0 Å². The van der Waals surface area contributed by atoms with Crippen LogP contribution in [0.5, 0.6) is 0 Å². The predicted molar refractivity (Wildman–Crippen MR) is 88.0 cm³/mol. The summed E-state index contributed by atoms with van der Waals surface area (Å²) in [5.74, 6) is -0.101. The number of carbonyl (C=O) groups excluding carboxylic acids is 1. The molecule has 2 N–H and O–H groups in total. The van der Waals surface area contributed by atoms with Gasteiger partial charge in [-0.15, -0.1) is 0 Å². The number of rotatable bonds is 5. The van der Waals surface area contributed by atoms with E-state index in [2.05, 4.69) is 14.7 Å². The molecule has 1 aromatic heterocycles. The first-order valence-electron chi connectivity index (χ1n) is 7.09. The van der Waals surface area contributed by atoms with Crippen molar-refractivity contribution in [1.82, 2.24) is 9.97 Å². The lowest BCUT2D eigenvalue weighted by Gasteiger charge is -2.09. The fraction of sp³-hybridized carbons (Fsp3) is 0.125. The molecule has 3 aromatic rings. The number of nitrogens with zero attached hydrogens (tertiary/aromatic N) is 1. The number of aromatic nitrogens is 2. The molecule has 2 aromatic carbocycles. The third kappa shape index (κ3) is 2.95. The largest absolute Gasteiger partial charge is 0.345 e. The number of sulfonamides is 1. The fourth-order valence-electron chi connectivity index (χ4n) is 2.29. The summed E-state index contributed by atoms with van der Waals surface area (Å²) in [5, 5.41) is 0. The molecule has 0 aliphatic carbocycles. The van der Waals surface area contributed by atoms with Crippen molar-refractivity contribution in [3.05, 3.63) is 54.4 Å². The van der Waals surface area contributed by atoms with Crippen LogP contribution in [0.15, 0.2) is 53.7 Å². The standard InChI is InChI=1S/C16H15N3O3S/c1-2-15(20)11-5-3-6-12(9-11)23(21,22)19-14-8-4-7-13-16(14)18-10-17-13/h3-10,19H,2H2,1H3,(H,17,18). The Bertz CT molecular complexity index is 977. The third-order valence-electron chi connectivity index (χ3n) is 3.48. The molecule has 6 nitrogen and oxygen atoms in total. The van der Waals surface area contributed by atoms with Crippen LogP contribution in [0.3, 0.4) is 0 Å². The van der Waals surface area contributed by atoms with Gasteiger partial charge < -0.3 is 4.98 Å². The van der Waals surface area contributed by atoms with Gasteiger partial charge in [-0.25, -0.2) is 13.4 Å². The molecule has 0 amide bonds. The minimum atomic E-state index is -3.80. The van der Waals surface area contributed by atoms with E-state index in [1.807, 2.05) is 0 Å². The molecule has 0 fully saturated rings. The summed E-state index contributed by atoms with van der Waals surface area (Å²) in [7, 11) is -3.80. The number of para-hydroxylation sites is 1. The maximum Gasteiger partial charge on any atom is 0.261 e. The number of benzene rings is 2. The van der Waals surface area contributed by atoms with Gasteiger partial charge in [-0.1, -0.05) is 25.1 Å². The highest BCUT2D eigenvalue weighted by molar-refractivity contribution is 7.92. The van der Waals surface area contributed by atoms with Crippen molar-refractivity contribution < 1.29 is 13.2 Å². The number of H-pyrrole nitrogens is 1. The topological polar surface area (TPSA) is 91.9 Å². The molecule has 1 heterocycles. The number of fused-ring (bicyclic) bond motifs is 1. The Kier molecular flexibility index (Phi) is 3.87. The quantitative estimate of drug-likeness (QED) is 0.704. The molecule has 0 bridgehead atoms. The Morgan fingerprint density at radius 3 is 2.78 bits per heavy atom. The van der Waals surface area contributed by atoms with E-state index in [1.165, 1.54) is 18.5 Å². The Hall–Kier alpha value is -2.67. The second kappa shape index (κ2) is 5.85. The van der Waals surface area contributed by atoms with Crippen LogP contribution in [0.25, 0.3) is 11.0 Å². The number of Topliss-reactive ketones (excluding diaryl/α,β-unsaturated/α-hetero) is 1. The first-order chi connectivity index (χ1) is 11.0. The van der Waals surface area contributed by atoms with Crippen LogP contribution < -0.4 is 4.72 Å². The summed E-state index contributed by atoms with van der Waals surface area (Å²) in [6.07, 6.45) is 1.83. The van der Waals surface area contributed by atoms with Gasteiger partial charge in [0, 0.05) is 12.0 Å². The highest BCUT2D eigenvalue weighted by atomic mass is 32.2. The molecular formula is C16H15N3O3S. The molecule has 0 atom stereocenters. The van der Waals surface area contributed by atoms with Gasteiger partial charge in [-0.05, 0) is 24.3 Å². The molecule has 0 spiro atoms. The summed E-state index contributed by atoms with van der Waals surface area (Å²) >= 11 is 0. The van der Waals surface area contributed by atoms with Crippen molar-refractivity contribution >= 4 is 32.5 Å². The van der Waals surface area contributed by atoms with Crippen molar-refractivity contribution in [3.63, 3.8) is 0 Å². The summed E-state index contributed by atoms with van der Waals surface area (Å²) in [6.45, 7) is 1.74. The molecular weight excluding hydrogens is 314 g/mol. The highest BCUT2D eigenvalue weighted by Gasteiger charge is 2.17. The summed E-state index contributed by atoms with van der Waals surface area (Å²) in [4.78, 5) is 18.9. The van der Waals surface area contributed by atoms with E-state index < -0.39 is 10.0 Å². The zero-order chi connectivity index (χ0) is 16.4. The maximum absolute atomic E-state index is 12.6. The first-order valence-corrected chi connectivity index (χ1v) is 8.58. The van der Waals surface area contributed by atoms with Crippen LogP contribution in [-0.2, 0) is 10.0 Å². The van der Waals surface area contributed by atoms with Gasteiger partial charge >= 0.3 is 0 Å². The van der Waals surface area contributed by atoms with E-state index in [0.717, 1.165) is 5.52 Å². The first kappa shape index (κ1) is 15.2. The molecule has 23 heavy (non-hydrogen) atoms. The zero-order valence-corrected chi connectivity index (χ0v) is 13.2. The van der Waals surface area contributed by atoms with Gasteiger partial charge in [0.25, 0.3) is 10.0 Å². The van der Waals surface area contributed by atoms with Crippen LogP contribution in [0.4, 0.5) is 5.69 Å². The minimum Gasteiger partial charge on any atom is -0.345 e. The van der Waals surface area contributed by atoms with Crippen molar-refractivity contribution in [3.8, 4) is 0 Å². The fourth-order valence-corrected chi connectivity index (χ4v) is 3.40.